The third-order valence-electron chi connectivity index (χ3n) is 2.86. The first-order valence-corrected chi connectivity index (χ1v) is 6.79. The topological polar surface area (TPSA) is 20.2 Å². The van der Waals surface area contributed by atoms with Gasteiger partial charge in [0.1, 0.15) is 0 Å². The van der Waals surface area contributed by atoms with Gasteiger partial charge in [-0.25, -0.2) is 0 Å². The minimum absolute atomic E-state index is 0.0248. The van der Waals surface area contributed by atoms with Crippen molar-refractivity contribution in [3.05, 3.63) is 71.8 Å². The molecular weight excluding hydrogens is 276 g/mol. The number of benzene rings is 2. The van der Waals surface area contributed by atoms with E-state index in [4.69, 9.17) is 0 Å². The largest absolute Gasteiger partial charge is 0.391 e. The van der Waals surface area contributed by atoms with Crippen LogP contribution in [0.15, 0.2) is 60.7 Å². The van der Waals surface area contributed by atoms with Crippen LogP contribution >= 0.6 is 15.9 Å². The molecular formula is C15H15BrO. The Morgan fingerprint density at radius 2 is 1.24 bits per heavy atom. The molecule has 1 N–H and O–H groups in total. The minimum atomic E-state index is -0.417. The maximum absolute atomic E-state index is 10.2. The molecule has 88 valence electrons. The summed E-state index contributed by atoms with van der Waals surface area (Å²) in [6.45, 7) is 0. The molecule has 0 aliphatic rings. The Balaban J connectivity index is 2.39. The normalized spacial score (nSPS) is 12.6. The van der Waals surface area contributed by atoms with E-state index in [1.807, 2.05) is 36.4 Å². The molecule has 0 aliphatic carbocycles. The minimum Gasteiger partial charge on any atom is -0.391 e. The summed E-state index contributed by atoms with van der Waals surface area (Å²) in [5.41, 5.74) is 2.29. The number of halogens is 1. The van der Waals surface area contributed by atoms with Crippen molar-refractivity contribution in [2.45, 2.75) is 12.0 Å². The Morgan fingerprint density at radius 1 is 0.824 bits per heavy atom. The van der Waals surface area contributed by atoms with Crippen molar-refractivity contribution in [2.24, 2.45) is 0 Å². The highest BCUT2D eigenvalue weighted by Crippen LogP contribution is 2.28. The lowest BCUT2D eigenvalue weighted by Crippen LogP contribution is -2.21. The highest BCUT2D eigenvalue weighted by Gasteiger charge is 2.21. The quantitative estimate of drug-likeness (QED) is 0.854. The van der Waals surface area contributed by atoms with Crippen LogP contribution in [0.25, 0.3) is 0 Å². The summed E-state index contributed by atoms with van der Waals surface area (Å²) >= 11 is 3.36. The Labute approximate surface area is 110 Å². The summed E-state index contributed by atoms with van der Waals surface area (Å²) in [5.74, 6) is 0.0248. The van der Waals surface area contributed by atoms with Crippen LogP contribution in [0.1, 0.15) is 17.0 Å². The Hall–Kier alpha value is -1.12. The molecule has 2 rings (SSSR count). The zero-order chi connectivity index (χ0) is 12.1. The predicted octanol–water partition coefficient (Wildman–Crippen LogP) is 3.57. The van der Waals surface area contributed by atoms with E-state index in [0.29, 0.717) is 5.33 Å². The lowest BCUT2D eigenvalue weighted by Gasteiger charge is -2.22. The summed E-state index contributed by atoms with van der Waals surface area (Å²) in [6.07, 6.45) is -0.417. The van der Waals surface area contributed by atoms with Crippen LogP contribution in [0.2, 0.25) is 0 Å². The first-order valence-electron chi connectivity index (χ1n) is 5.67. The van der Waals surface area contributed by atoms with Gasteiger partial charge in [-0.1, -0.05) is 76.6 Å². The molecule has 0 aromatic heterocycles. The second kappa shape index (κ2) is 5.99. The van der Waals surface area contributed by atoms with Crippen LogP contribution in [-0.4, -0.2) is 16.5 Å². The molecule has 17 heavy (non-hydrogen) atoms. The lowest BCUT2D eigenvalue weighted by molar-refractivity contribution is 0.182. The monoisotopic (exact) mass is 290 g/mol. The fourth-order valence-electron chi connectivity index (χ4n) is 2.05. The number of rotatable bonds is 4. The van der Waals surface area contributed by atoms with Crippen molar-refractivity contribution in [1.82, 2.24) is 0 Å². The Bertz CT molecular complexity index is 401. The van der Waals surface area contributed by atoms with Gasteiger partial charge in [0.15, 0.2) is 0 Å². The van der Waals surface area contributed by atoms with Crippen molar-refractivity contribution >= 4 is 15.9 Å². The van der Waals surface area contributed by atoms with Gasteiger partial charge in [0.2, 0.25) is 0 Å². The van der Waals surface area contributed by atoms with Crippen LogP contribution < -0.4 is 0 Å². The predicted molar refractivity (Wildman–Crippen MR) is 74.5 cm³/mol. The van der Waals surface area contributed by atoms with Gasteiger partial charge >= 0.3 is 0 Å². The Kier molecular flexibility index (Phi) is 4.35. The van der Waals surface area contributed by atoms with Gasteiger partial charge in [-0.05, 0) is 11.1 Å². The molecule has 0 aliphatic heterocycles. The van der Waals surface area contributed by atoms with Crippen molar-refractivity contribution in [2.75, 3.05) is 5.33 Å². The molecule has 2 aromatic rings. The van der Waals surface area contributed by atoms with Gasteiger partial charge in [0.25, 0.3) is 0 Å². The number of aliphatic hydroxyl groups is 1. The summed E-state index contributed by atoms with van der Waals surface area (Å²) in [7, 11) is 0. The highest BCUT2D eigenvalue weighted by molar-refractivity contribution is 9.09. The highest BCUT2D eigenvalue weighted by atomic mass is 79.9. The molecule has 2 aromatic carbocycles. The van der Waals surface area contributed by atoms with Gasteiger partial charge in [-0.15, -0.1) is 0 Å². The first kappa shape index (κ1) is 12.3. The van der Waals surface area contributed by atoms with Crippen LogP contribution in [0, 0.1) is 0 Å². The molecule has 2 heteroatoms. The van der Waals surface area contributed by atoms with E-state index in [1.165, 1.54) is 0 Å². The van der Waals surface area contributed by atoms with Crippen LogP contribution in [0.5, 0.6) is 0 Å². The van der Waals surface area contributed by atoms with Crippen LogP contribution in [0.4, 0.5) is 0 Å². The molecule has 1 nitrogen and oxygen atoms in total. The van der Waals surface area contributed by atoms with E-state index in [0.717, 1.165) is 11.1 Å². The van der Waals surface area contributed by atoms with Crippen LogP contribution in [-0.2, 0) is 0 Å². The van der Waals surface area contributed by atoms with Crippen molar-refractivity contribution in [1.29, 1.82) is 0 Å². The number of aliphatic hydroxyl groups excluding tert-OH is 1. The summed E-state index contributed by atoms with van der Waals surface area (Å²) < 4.78 is 0. The van der Waals surface area contributed by atoms with E-state index in [1.54, 1.807) is 0 Å². The first-order chi connectivity index (χ1) is 8.33. The third-order valence-corrected chi connectivity index (χ3v) is 3.52. The van der Waals surface area contributed by atoms with E-state index < -0.39 is 6.10 Å². The average molecular weight is 291 g/mol. The van der Waals surface area contributed by atoms with E-state index in [9.17, 15) is 5.11 Å². The summed E-state index contributed by atoms with van der Waals surface area (Å²) in [5, 5.41) is 10.7. The van der Waals surface area contributed by atoms with E-state index >= 15 is 0 Å². The molecule has 0 radical (unpaired) electrons. The standard InChI is InChI=1S/C15H15BrO/c16-11-14(17)15(12-7-3-1-4-8-12)13-9-5-2-6-10-13/h1-10,14-15,17H,11H2/t14-/m1/s1. The maximum atomic E-state index is 10.2. The molecule has 0 unspecified atom stereocenters. The molecule has 0 heterocycles. The van der Waals surface area contributed by atoms with Gasteiger partial charge in [-0.3, -0.25) is 0 Å². The smallest absolute Gasteiger partial charge is 0.0745 e. The molecule has 0 fully saturated rings. The Morgan fingerprint density at radius 3 is 1.59 bits per heavy atom. The fourth-order valence-corrected chi connectivity index (χ4v) is 2.42. The van der Waals surface area contributed by atoms with Gasteiger partial charge < -0.3 is 5.11 Å². The van der Waals surface area contributed by atoms with Crippen molar-refractivity contribution < 1.29 is 5.11 Å². The second-order valence-electron chi connectivity index (χ2n) is 4.02. The zero-order valence-electron chi connectivity index (χ0n) is 9.46. The molecule has 0 saturated heterocycles. The van der Waals surface area contributed by atoms with Gasteiger partial charge in [0, 0.05) is 11.2 Å². The SMILES string of the molecule is O[C@H](CBr)C(c1ccccc1)c1ccccc1. The number of hydrogen-bond donors (Lipinski definition) is 1. The van der Waals surface area contributed by atoms with E-state index in [2.05, 4.69) is 40.2 Å². The number of hydrogen-bond acceptors (Lipinski definition) is 1. The summed E-state index contributed by atoms with van der Waals surface area (Å²) in [6, 6.07) is 20.2. The van der Waals surface area contributed by atoms with Gasteiger partial charge in [0.05, 0.1) is 6.10 Å². The average Bonchev–Trinajstić information content (AvgIpc) is 2.41. The van der Waals surface area contributed by atoms with Crippen molar-refractivity contribution in [3.8, 4) is 0 Å². The molecule has 0 saturated carbocycles. The second-order valence-corrected chi connectivity index (χ2v) is 4.67. The molecule has 0 spiro atoms. The van der Waals surface area contributed by atoms with Crippen LogP contribution in [0.3, 0.4) is 0 Å². The maximum Gasteiger partial charge on any atom is 0.0745 e. The molecule has 1 atom stereocenters. The van der Waals surface area contributed by atoms with Gasteiger partial charge in [-0.2, -0.15) is 0 Å². The van der Waals surface area contributed by atoms with E-state index in [-0.39, 0.29) is 5.92 Å². The lowest BCUT2D eigenvalue weighted by atomic mass is 9.87. The zero-order valence-corrected chi connectivity index (χ0v) is 11.0. The summed E-state index contributed by atoms with van der Waals surface area (Å²) in [4.78, 5) is 0. The third kappa shape index (κ3) is 2.96. The molecule has 0 amide bonds. The van der Waals surface area contributed by atoms with Crippen molar-refractivity contribution in [3.63, 3.8) is 0 Å². The molecule has 0 bridgehead atoms. The fraction of sp³-hybridized carbons (Fsp3) is 0.200. The number of alkyl halides is 1.